The molecule has 0 N–H and O–H groups in total. The third-order valence-corrected chi connectivity index (χ3v) is 2.50. The lowest BCUT2D eigenvalue weighted by molar-refractivity contribution is -0.136. The smallest absolute Gasteiger partial charge is 0.357 e. The molecule has 1 rings (SSSR count). The summed E-state index contributed by atoms with van der Waals surface area (Å²) < 4.78 is 100. The number of hydrogen-bond acceptors (Lipinski definition) is 1. The maximum atomic E-state index is 12.7. The molecule has 0 unspecified atom stereocenters. The van der Waals surface area contributed by atoms with Crippen molar-refractivity contribution in [1.82, 2.24) is 0 Å². The Labute approximate surface area is 119 Å². The largest absolute Gasteiger partial charge is 0.407 e. The molecule has 0 atom stereocenters. The van der Waals surface area contributed by atoms with E-state index in [1.54, 1.807) is 0 Å². The zero-order valence-electron chi connectivity index (χ0n) is 10.6. The molecule has 0 bridgehead atoms. The van der Waals surface area contributed by atoms with Crippen LogP contribution in [0.5, 0.6) is 0 Å². The number of benzene rings is 1. The molecule has 1 aromatic carbocycles. The molecule has 0 saturated heterocycles. The first kappa shape index (κ1) is 18.0. The first-order valence-electron chi connectivity index (χ1n) is 5.62. The molecule has 0 amide bonds. The van der Waals surface area contributed by atoms with E-state index < -0.39 is 48.8 Å². The van der Waals surface area contributed by atoms with E-state index >= 15 is 0 Å². The average molecular weight is 332 g/mol. The van der Waals surface area contributed by atoms with Crippen LogP contribution in [0.4, 0.5) is 46.5 Å². The Balaban J connectivity index is 3.28. The summed E-state index contributed by atoms with van der Waals surface area (Å²) >= 11 is 0. The second kappa shape index (κ2) is 6.37. The summed E-state index contributed by atoms with van der Waals surface area (Å²) in [5.41, 5.74) is -2.97. The average Bonchev–Trinajstić information content (AvgIpc) is 2.34. The maximum Gasteiger partial charge on any atom is 0.407 e. The van der Waals surface area contributed by atoms with Gasteiger partial charge < -0.3 is 4.90 Å². The summed E-state index contributed by atoms with van der Waals surface area (Å²) in [5.74, 6) is 0. The summed E-state index contributed by atoms with van der Waals surface area (Å²) in [7, 11) is 0. The minimum atomic E-state index is -4.98. The summed E-state index contributed by atoms with van der Waals surface area (Å²) in [5, 5.41) is 0. The third kappa shape index (κ3) is 5.05. The number of anilines is 1. The topological polar surface area (TPSA) is 7.60 Å². The second-order valence-corrected chi connectivity index (χ2v) is 4.20. The van der Waals surface area contributed by atoms with E-state index in [0.29, 0.717) is 6.07 Å². The maximum absolute atomic E-state index is 12.7. The summed E-state index contributed by atoms with van der Waals surface area (Å²) in [4.78, 5) is 2.70. The highest BCUT2D eigenvalue weighted by molar-refractivity contribution is 5.62. The fourth-order valence-electron chi connectivity index (χ4n) is 1.69. The summed E-state index contributed by atoms with van der Waals surface area (Å²) in [6.45, 7) is 3.40. The van der Waals surface area contributed by atoms with Gasteiger partial charge in [-0.1, -0.05) is 6.07 Å². The molecule has 0 radical (unpaired) electrons. The van der Waals surface area contributed by atoms with Crippen molar-refractivity contribution in [2.24, 2.45) is 0 Å². The fraction of sp³-hybridized carbons (Fsp3) is 0.417. The lowest BCUT2D eigenvalue weighted by Gasteiger charge is -2.26. The van der Waals surface area contributed by atoms with Crippen LogP contribution >= 0.6 is 0 Å². The van der Waals surface area contributed by atoms with Crippen LogP contribution in [0.25, 0.3) is 4.85 Å². The minimum Gasteiger partial charge on any atom is -0.357 e. The molecule has 0 saturated carbocycles. The van der Waals surface area contributed by atoms with Gasteiger partial charge in [-0.2, -0.15) is 26.3 Å². The molecule has 1 aromatic rings. The van der Waals surface area contributed by atoms with Crippen molar-refractivity contribution in [1.29, 1.82) is 0 Å². The van der Waals surface area contributed by atoms with Crippen LogP contribution in [-0.2, 0) is 6.18 Å². The summed E-state index contributed by atoms with van der Waals surface area (Å²) in [6.07, 6.45) is -13.0. The van der Waals surface area contributed by atoms with Crippen LogP contribution in [-0.4, -0.2) is 25.7 Å². The standard InChI is InChI=1S/C12H8F8N2/c1-21-9-3-2-7(4-8(9)12(18,19)20)22(5-10(13)14)6-11(15,16)17/h2-4,10H,5-6H2. The minimum absolute atomic E-state index is 0.0909. The first-order valence-corrected chi connectivity index (χ1v) is 5.62. The van der Waals surface area contributed by atoms with Crippen LogP contribution < -0.4 is 4.90 Å². The third-order valence-electron chi connectivity index (χ3n) is 2.50. The normalized spacial score (nSPS) is 12.4. The van der Waals surface area contributed by atoms with Crippen LogP contribution in [0.3, 0.4) is 0 Å². The highest BCUT2D eigenvalue weighted by atomic mass is 19.4. The molecular formula is C12H8F8N2. The highest BCUT2D eigenvalue weighted by Crippen LogP contribution is 2.39. The van der Waals surface area contributed by atoms with E-state index in [9.17, 15) is 35.1 Å². The van der Waals surface area contributed by atoms with Crippen LogP contribution in [0.2, 0.25) is 0 Å². The van der Waals surface area contributed by atoms with Gasteiger partial charge in [0, 0.05) is 5.69 Å². The number of nitrogens with zero attached hydrogens (tertiary/aromatic N) is 2. The quantitative estimate of drug-likeness (QED) is 0.563. The predicted octanol–water partition coefficient (Wildman–Crippen LogP) is 4.89. The van der Waals surface area contributed by atoms with Crippen LogP contribution in [0.15, 0.2) is 18.2 Å². The van der Waals surface area contributed by atoms with Gasteiger partial charge in [-0.25, -0.2) is 13.6 Å². The molecule has 0 aliphatic carbocycles. The molecule has 0 aromatic heterocycles. The van der Waals surface area contributed by atoms with Crippen molar-refractivity contribution in [3.8, 4) is 0 Å². The van der Waals surface area contributed by atoms with Crippen molar-refractivity contribution in [3.63, 3.8) is 0 Å². The molecule has 122 valence electrons. The van der Waals surface area contributed by atoms with E-state index in [0.717, 1.165) is 6.07 Å². The molecule has 0 fully saturated rings. The Hall–Kier alpha value is -2.05. The molecule has 10 heteroatoms. The Morgan fingerprint density at radius 3 is 2.09 bits per heavy atom. The molecule has 0 heterocycles. The van der Waals surface area contributed by atoms with Crippen molar-refractivity contribution >= 4 is 11.4 Å². The van der Waals surface area contributed by atoms with Crippen molar-refractivity contribution in [2.75, 3.05) is 18.0 Å². The molecule has 0 spiro atoms. The number of halogens is 8. The first-order chi connectivity index (χ1) is 9.94. The van der Waals surface area contributed by atoms with Gasteiger partial charge in [0.15, 0.2) is 5.69 Å². The molecule has 0 aliphatic rings. The molecular weight excluding hydrogens is 324 g/mol. The zero-order valence-corrected chi connectivity index (χ0v) is 10.6. The molecule has 2 nitrogen and oxygen atoms in total. The summed E-state index contributed by atoms with van der Waals surface area (Å²) in [6, 6.07) is 1.69. The van der Waals surface area contributed by atoms with Gasteiger partial charge in [0.2, 0.25) is 0 Å². The van der Waals surface area contributed by atoms with Gasteiger partial charge in [-0.05, 0) is 12.1 Å². The van der Waals surface area contributed by atoms with Crippen molar-refractivity contribution in [2.45, 2.75) is 18.8 Å². The molecule has 0 aliphatic heterocycles. The van der Waals surface area contributed by atoms with Gasteiger partial charge in [0.05, 0.1) is 18.7 Å². The molecule has 22 heavy (non-hydrogen) atoms. The number of alkyl halides is 8. The second-order valence-electron chi connectivity index (χ2n) is 4.20. The van der Waals surface area contributed by atoms with Crippen molar-refractivity contribution < 1.29 is 35.1 Å². The monoisotopic (exact) mass is 332 g/mol. The Morgan fingerprint density at radius 1 is 1.09 bits per heavy atom. The van der Waals surface area contributed by atoms with Crippen molar-refractivity contribution in [3.05, 3.63) is 35.2 Å². The van der Waals surface area contributed by atoms with Gasteiger partial charge in [0.25, 0.3) is 6.43 Å². The van der Waals surface area contributed by atoms with E-state index in [4.69, 9.17) is 6.57 Å². The van der Waals surface area contributed by atoms with Crippen LogP contribution in [0, 0.1) is 6.57 Å². The van der Waals surface area contributed by atoms with E-state index in [1.165, 1.54) is 0 Å². The van der Waals surface area contributed by atoms with E-state index in [1.807, 2.05) is 0 Å². The van der Waals surface area contributed by atoms with Gasteiger partial charge in [-0.15, -0.1) is 0 Å². The van der Waals surface area contributed by atoms with Crippen LogP contribution in [0.1, 0.15) is 5.56 Å². The van der Waals surface area contributed by atoms with Gasteiger partial charge >= 0.3 is 12.4 Å². The highest BCUT2D eigenvalue weighted by Gasteiger charge is 2.36. The SMILES string of the molecule is [C-]#[N+]c1ccc(N(CC(F)F)CC(F)(F)F)cc1C(F)(F)F. The Kier molecular flexibility index (Phi) is 5.22. The number of rotatable bonds is 4. The zero-order chi connectivity index (χ0) is 17.1. The Morgan fingerprint density at radius 2 is 1.68 bits per heavy atom. The lowest BCUT2D eigenvalue weighted by Crippen LogP contribution is -2.37. The lowest BCUT2D eigenvalue weighted by atomic mass is 10.1. The van der Waals surface area contributed by atoms with Gasteiger partial charge in [0.1, 0.15) is 6.54 Å². The van der Waals surface area contributed by atoms with Gasteiger partial charge in [-0.3, -0.25) is 0 Å². The number of hydrogen-bond donors (Lipinski definition) is 0. The van der Waals surface area contributed by atoms with E-state index in [-0.39, 0.29) is 11.0 Å². The predicted molar refractivity (Wildman–Crippen MR) is 62.0 cm³/mol. The Bertz CT molecular complexity index is 556. The van der Waals surface area contributed by atoms with E-state index in [2.05, 4.69) is 4.85 Å². The fourth-order valence-corrected chi connectivity index (χ4v) is 1.69.